The van der Waals surface area contributed by atoms with Crippen molar-refractivity contribution in [2.24, 2.45) is 0 Å². The lowest BCUT2D eigenvalue weighted by Crippen LogP contribution is -2.17. The average molecular weight is 228 g/mol. The zero-order valence-electron chi connectivity index (χ0n) is 8.95. The highest BCUT2D eigenvalue weighted by Gasteiger charge is 2.12. The minimum atomic E-state index is -3.26. The first-order chi connectivity index (χ1) is 6.96. The van der Waals surface area contributed by atoms with Crippen molar-refractivity contribution in [1.82, 2.24) is 0 Å². The zero-order valence-corrected chi connectivity index (χ0v) is 9.76. The number of nitrogens with two attached hydrogens (primary N) is 1. The first-order valence-corrected chi connectivity index (χ1v) is 6.47. The standard InChI is InChI=1S/C10H16N2O2S/c1-3-7-15(13,14)12-10-8(2)5-4-6-9(10)11/h4-6,12H,3,7,11H2,1-2H3. The predicted octanol–water partition coefficient (Wildman–Crippen LogP) is 1.73. The molecular weight excluding hydrogens is 212 g/mol. The van der Waals surface area contributed by atoms with Crippen molar-refractivity contribution in [3.63, 3.8) is 0 Å². The molecule has 1 aromatic rings. The molecule has 0 atom stereocenters. The molecular formula is C10H16N2O2S. The number of nitrogens with one attached hydrogen (secondary N) is 1. The van der Waals surface area contributed by atoms with Crippen LogP contribution in [0.15, 0.2) is 18.2 Å². The van der Waals surface area contributed by atoms with Gasteiger partial charge in [0.2, 0.25) is 10.0 Å². The fourth-order valence-electron chi connectivity index (χ4n) is 1.31. The molecule has 0 spiro atoms. The Bertz CT molecular complexity index is 420. The number of nitrogen functional groups attached to an aromatic ring is 1. The first-order valence-electron chi connectivity index (χ1n) is 4.82. The summed E-state index contributed by atoms with van der Waals surface area (Å²) in [6.07, 6.45) is 0.584. The van der Waals surface area contributed by atoms with Gasteiger partial charge in [-0.1, -0.05) is 19.1 Å². The minimum absolute atomic E-state index is 0.112. The molecule has 1 aromatic carbocycles. The summed E-state index contributed by atoms with van der Waals surface area (Å²) < 4.78 is 25.6. The molecule has 0 saturated heterocycles. The summed E-state index contributed by atoms with van der Waals surface area (Å²) in [6.45, 7) is 3.64. The van der Waals surface area contributed by atoms with Crippen molar-refractivity contribution < 1.29 is 8.42 Å². The second kappa shape index (κ2) is 4.53. The van der Waals surface area contributed by atoms with Crippen LogP contribution in [0, 0.1) is 6.92 Å². The number of hydrogen-bond acceptors (Lipinski definition) is 3. The summed E-state index contributed by atoms with van der Waals surface area (Å²) in [5, 5.41) is 0. The van der Waals surface area contributed by atoms with Gasteiger partial charge in [-0.15, -0.1) is 0 Å². The number of para-hydroxylation sites is 1. The lowest BCUT2D eigenvalue weighted by molar-refractivity contribution is 0.600. The van der Waals surface area contributed by atoms with Crippen molar-refractivity contribution in [1.29, 1.82) is 0 Å². The van der Waals surface area contributed by atoms with Crippen LogP contribution in [0.3, 0.4) is 0 Å². The first kappa shape index (κ1) is 11.8. The van der Waals surface area contributed by atoms with E-state index in [9.17, 15) is 8.42 Å². The third-order valence-electron chi connectivity index (χ3n) is 2.04. The highest BCUT2D eigenvalue weighted by atomic mass is 32.2. The van der Waals surface area contributed by atoms with Gasteiger partial charge in [0, 0.05) is 0 Å². The van der Waals surface area contributed by atoms with Gasteiger partial charge < -0.3 is 5.73 Å². The van der Waals surface area contributed by atoms with E-state index in [4.69, 9.17) is 5.73 Å². The Kier molecular flexibility index (Phi) is 3.57. The van der Waals surface area contributed by atoms with Crippen LogP contribution in [0.1, 0.15) is 18.9 Å². The zero-order chi connectivity index (χ0) is 11.5. The van der Waals surface area contributed by atoms with Crippen LogP contribution in [0.25, 0.3) is 0 Å². The van der Waals surface area contributed by atoms with Crippen LogP contribution < -0.4 is 10.5 Å². The van der Waals surface area contributed by atoms with Gasteiger partial charge in [-0.05, 0) is 25.0 Å². The van der Waals surface area contributed by atoms with Crippen molar-refractivity contribution >= 4 is 21.4 Å². The molecule has 0 aliphatic rings. The van der Waals surface area contributed by atoms with Crippen LogP contribution in [0.2, 0.25) is 0 Å². The predicted molar refractivity (Wildman–Crippen MR) is 63.3 cm³/mol. The number of benzene rings is 1. The number of hydrogen-bond donors (Lipinski definition) is 2. The maximum atomic E-state index is 11.5. The molecule has 3 N–H and O–H groups in total. The molecule has 0 amide bonds. The molecule has 0 unspecified atom stereocenters. The molecule has 0 heterocycles. The van der Waals surface area contributed by atoms with Crippen molar-refractivity contribution in [2.45, 2.75) is 20.3 Å². The number of aryl methyl sites for hydroxylation is 1. The van der Waals surface area contributed by atoms with E-state index in [2.05, 4.69) is 4.72 Å². The Morgan fingerprint density at radius 2 is 2.07 bits per heavy atom. The van der Waals surface area contributed by atoms with E-state index in [1.54, 1.807) is 12.1 Å². The van der Waals surface area contributed by atoms with Gasteiger partial charge in [0.15, 0.2) is 0 Å². The SMILES string of the molecule is CCCS(=O)(=O)Nc1c(C)cccc1N. The smallest absolute Gasteiger partial charge is 0.232 e. The van der Waals surface area contributed by atoms with Crippen LogP contribution >= 0.6 is 0 Å². The Morgan fingerprint density at radius 1 is 1.40 bits per heavy atom. The maximum absolute atomic E-state index is 11.5. The van der Waals surface area contributed by atoms with E-state index < -0.39 is 10.0 Å². The molecule has 0 fully saturated rings. The van der Waals surface area contributed by atoms with Crippen LogP contribution in [0.5, 0.6) is 0 Å². The van der Waals surface area contributed by atoms with Gasteiger partial charge in [-0.25, -0.2) is 8.42 Å². The summed E-state index contributed by atoms with van der Waals surface area (Å²) in [6, 6.07) is 5.29. The molecule has 84 valence electrons. The molecule has 0 aromatic heterocycles. The molecule has 0 bridgehead atoms. The average Bonchev–Trinajstić information content (AvgIpc) is 2.11. The summed E-state index contributed by atoms with van der Waals surface area (Å²) in [7, 11) is -3.26. The topological polar surface area (TPSA) is 72.2 Å². The minimum Gasteiger partial charge on any atom is -0.397 e. The van der Waals surface area contributed by atoms with Crippen LogP contribution in [0.4, 0.5) is 11.4 Å². The number of rotatable bonds is 4. The highest BCUT2D eigenvalue weighted by Crippen LogP contribution is 2.23. The van der Waals surface area contributed by atoms with Gasteiger partial charge in [0.1, 0.15) is 0 Å². The molecule has 15 heavy (non-hydrogen) atoms. The molecule has 4 nitrogen and oxygen atoms in total. The Balaban J connectivity index is 2.99. The van der Waals surface area contributed by atoms with Crippen LogP contribution in [-0.2, 0) is 10.0 Å². The van der Waals surface area contributed by atoms with Gasteiger partial charge in [-0.2, -0.15) is 0 Å². The molecule has 0 radical (unpaired) electrons. The van der Waals surface area contributed by atoms with Crippen molar-refractivity contribution in [3.05, 3.63) is 23.8 Å². The van der Waals surface area contributed by atoms with Crippen molar-refractivity contribution in [2.75, 3.05) is 16.2 Å². The molecule has 0 aliphatic carbocycles. The van der Waals surface area contributed by atoms with E-state index in [1.165, 1.54) is 0 Å². The van der Waals surface area contributed by atoms with Crippen molar-refractivity contribution in [3.8, 4) is 0 Å². The summed E-state index contributed by atoms with van der Waals surface area (Å²) in [4.78, 5) is 0. The fourth-order valence-corrected chi connectivity index (χ4v) is 2.53. The normalized spacial score (nSPS) is 11.3. The second-order valence-electron chi connectivity index (χ2n) is 3.46. The fraction of sp³-hybridized carbons (Fsp3) is 0.400. The Morgan fingerprint density at radius 3 is 2.60 bits per heavy atom. The van der Waals surface area contributed by atoms with Gasteiger partial charge in [0.25, 0.3) is 0 Å². The molecule has 0 saturated carbocycles. The summed E-state index contributed by atoms with van der Waals surface area (Å²) in [5.74, 6) is 0.112. The Hall–Kier alpha value is -1.23. The molecule has 1 rings (SSSR count). The lowest BCUT2D eigenvalue weighted by atomic mass is 10.2. The third-order valence-corrected chi connectivity index (χ3v) is 3.50. The summed E-state index contributed by atoms with van der Waals surface area (Å²) in [5.41, 5.74) is 7.47. The maximum Gasteiger partial charge on any atom is 0.232 e. The second-order valence-corrected chi connectivity index (χ2v) is 5.30. The van der Waals surface area contributed by atoms with E-state index in [1.807, 2.05) is 19.9 Å². The van der Waals surface area contributed by atoms with E-state index >= 15 is 0 Å². The third kappa shape index (κ3) is 3.13. The quantitative estimate of drug-likeness (QED) is 0.771. The molecule has 0 aliphatic heterocycles. The molecule has 5 heteroatoms. The van der Waals surface area contributed by atoms with Crippen LogP contribution in [-0.4, -0.2) is 14.2 Å². The van der Waals surface area contributed by atoms with E-state index in [0.717, 1.165) is 5.56 Å². The Labute approximate surface area is 90.5 Å². The number of anilines is 2. The summed E-state index contributed by atoms with van der Waals surface area (Å²) >= 11 is 0. The van der Waals surface area contributed by atoms with Gasteiger partial charge >= 0.3 is 0 Å². The number of sulfonamides is 1. The largest absolute Gasteiger partial charge is 0.397 e. The van der Waals surface area contributed by atoms with E-state index in [0.29, 0.717) is 17.8 Å². The lowest BCUT2D eigenvalue weighted by Gasteiger charge is -2.11. The highest BCUT2D eigenvalue weighted by molar-refractivity contribution is 7.92. The monoisotopic (exact) mass is 228 g/mol. The van der Waals surface area contributed by atoms with Gasteiger partial charge in [-0.3, -0.25) is 4.72 Å². The van der Waals surface area contributed by atoms with Gasteiger partial charge in [0.05, 0.1) is 17.1 Å². The van der Waals surface area contributed by atoms with E-state index in [-0.39, 0.29) is 5.75 Å².